The number of aryl methyl sites for hydroxylation is 1. The molecule has 0 aromatic heterocycles. The van der Waals surface area contributed by atoms with Gasteiger partial charge >= 0.3 is 0 Å². The van der Waals surface area contributed by atoms with Crippen molar-refractivity contribution in [2.45, 2.75) is 32.7 Å². The summed E-state index contributed by atoms with van der Waals surface area (Å²) in [6.07, 6.45) is 2.04. The number of hydrogen-bond acceptors (Lipinski definition) is 4. The van der Waals surface area contributed by atoms with Gasteiger partial charge in [0.25, 0.3) is 5.91 Å². The van der Waals surface area contributed by atoms with Crippen molar-refractivity contribution in [3.63, 3.8) is 0 Å². The summed E-state index contributed by atoms with van der Waals surface area (Å²) in [5.41, 5.74) is 3.87. The number of amides is 1. The third kappa shape index (κ3) is 3.61. The molecule has 1 aromatic rings. The molecule has 0 saturated heterocycles. The molecule has 0 atom stereocenters. The quantitative estimate of drug-likeness (QED) is 0.648. The summed E-state index contributed by atoms with van der Waals surface area (Å²) in [5.74, 6) is -0.398. The van der Waals surface area contributed by atoms with Crippen LogP contribution in [0.25, 0.3) is 0 Å². The Bertz CT molecular complexity index is 628. The molecule has 1 amide bonds. The lowest BCUT2D eigenvalue weighted by Crippen LogP contribution is -2.32. The van der Waals surface area contributed by atoms with Crippen LogP contribution < -0.4 is 5.48 Å². The summed E-state index contributed by atoms with van der Waals surface area (Å²) in [7, 11) is -3.22. The molecule has 1 aliphatic rings. The van der Waals surface area contributed by atoms with Gasteiger partial charge in [-0.2, -0.15) is 4.31 Å². The van der Waals surface area contributed by atoms with Crippen molar-refractivity contribution in [2.75, 3.05) is 12.3 Å². The summed E-state index contributed by atoms with van der Waals surface area (Å²) in [6.45, 7) is 2.69. The van der Waals surface area contributed by atoms with Crippen LogP contribution in [0.1, 0.15) is 41.3 Å². The van der Waals surface area contributed by atoms with Gasteiger partial charge in [-0.25, -0.2) is 13.9 Å². The first kappa shape index (κ1) is 15.9. The molecule has 2 rings (SSSR count). The molecular weight excluding hydrogens is 292 g/mol. The fourth-order valence-electron chi connectivity index (χ4n) is 2.56. The van der Waals surface area contributed by atoms with E-state index >= 15 is 0 Å². The van der Waals surface area contributed by atoms with Crippen LogP contribution in [0.2, 0.25) is 0 Å². The molecule has 0 bridgehead atoms. The number of hydroxylamine groups is 1. The van der Waals surface area contributed by atoms with Gasteiger partial charge in [0.15, 0.2) is 0 Å². The highest BCUT2D eigenvalue weighted by Gasteiger charge is 2.24. The van der Waals surface area contributed by atoms with Crippen LogP contribution in [0.4, 0.5) is 0 Å². The van der Waals surface area contributed by atoms with Crippen molar-refractivity contribution in [2.24, 2.45) is 0 Å². The Kier molecular flexibility index (Phi) is 4.97. The number of benzene rings is 1. The molecule has 0 fully saturated rings. The van der Waals surface area contributed by atoms with Gasteiger partial charge in [-0.1, -0.05) is 13.0 Å². The van der Waals surface area contributed by atoms with E-state index in [-0.39, 0.29) is 5.75 Å². The molecule has 0 radical (unpaired) electrons. The molecule has 1 heterocycles. The molecule has 0 spiro atoms. The molecule has 0 unspecified atom stereocenters. The Morgan fingerprint density at radius 1 is 1.38 bits per heavy atom. The number of carbonyl (C=O) groups is 1. The Hall–Kier alpha value is -1.44. The highest BCUT2D eigenvalue weighted by Crippen LogP contribution is 2.22. The number of fused-ring (bicyclic) bond motifs is 1. The number of hydrogen-bond donors (Lipinski definition) is 2. The maximum Gasteiger partial charge on any atom is 0.274 e. The first-order valence-corrected chi connectivity index (χ1v) is 8.63. The second kappa shape index (κ2) is 6.55. The molecule has 1 aliphatic heterocycles. The molecule has 0 saturated carbocycles. The van der Waals surface area contributed by atoms with Crippen molar-refractivity contribution in [1.82, 2.24) is 9.79 Å². The predicted molar refractivity (Wildman–Crippen MR) is 78.5 cm³/mol. The molecule has 6 nitrogen and oxygen atoms in total. The summed E-state index contributed by atoms with van der Waals surface area (Å²) in [5, 5.41) is 8.67. The van der Waals surface area contributed by atoms with E-state index in [4.69, 9.17) is 5.21 Å². The first-order valence-electron chi connectivity index (χ1n) is 7.02. The van der Waals surface area contributed by atoms with Gasteiger partial charge in [0.05, 0.1) is 5.75 Å². The average molecular weight is 312 g/mol. The van der Waals surface area contributed by atoms with Gasteiger partial charge in [-0.3, -0.25) is 10.0 Å². The molecule has 7 heteroatoms. The molecular formula is C14H20N2O4S. The van der Waals surface area contributed by atoms with E-state index in [2.05, 4.69) is 0 Å². The first-order chi connectivity index (χ1) is 9.97. The minimum Gasteiger partial charge on any atom is -0.288 e. The second-order valence-electron chi connectivity index (χ2n) is 5.18. The van der Waals surface area contributed by atoms with E-state index in [1.807, 2.05) is 6.92 Å². The van der Waals surface area contributed by atoms with Crippen LogP contribution in [0.5, 0.6) is 0 Å². The zero-order valence-corrected chi connectivity index (χ0v) is 12.8. The largest absolute Gasteiger partial charge is 0.288 e. The zero-order valence-electron chi connectivity index (χ0n) is 12.0. The van der Waals surface area contributed by atoms with Gasteiger partial charge < -0.3 is 0 Å². The second-order valence-corrected chi connectivity index (χ2v) is 7.27. The molecule has 116 valence electrons. The van der Waals surface area contributed by atoms with E-state index < -0.39 is 15.9 Å². The summed E-state index contributed by atoms with van der Waals surface area (Å²) in [6, 6.07) is 5.08. The predicted octanol–water partition coefficient (Wildman–Crippen LogP) is 1.29. The zero-order chi connectivity index (χ0) is 15.5. The van der Waals surface area contributed by atoms with Crippen LogP contribution >= 0.6 is 0 Å². The molecule has 21 heavy (non-hydrogen) atoms. The lowest BCUT2D eigenvalue weighted by molar-refractivity contribution is 0.0706. The topological polar surface area (TPSA) is 86.7 Å². The molecule has 0 aliphatic carbocycles. The minimum absolute atomic E-state index is 0.160. The fourth-order valence-corrected chi connectivity index (χ4v) is 4.08. The van der Waals surface area contributed by atoms with E-state index in [0.29, 0.717) is 25.1 Å². The smallest absolute Gasteiger partial charge is 0.274 e. The van der Waals surface area contributed by atoms with Crippen molar-refractivity contribution in [3.8, 4) is 0 Å². The highest BCUT2D eigenvalue weighted by atomic mass is 32.2. The van der Waals surface area contributed by atoms with Gasteiger partial charge in [-0.15, -0.1) is 0 Å². The SMILES string of the molecule is CCCS(=O)(=O)N1CCCc2cc(C(=O)NO)ccc2C1. The van der Waals surface area contributed by atoms with Crippen LogP contribution in [-0.2, 0) is 23.0 Å². The van der Waals surface area contributed by atoms with Crippen LogP contribution in [-0.4, -0.2) is 36.1 Å². The summed E-state index contributed by atoms with van der Waals surface area (Å²) < 4.78 is 25.9. The number of rotatable bonds is 4. The number of nitrogens with one attached hydrogen (secondary N) is 1. The number of sulfonamides is 1. The Morgan fingerprint density at radius 3 is 2.81 bits per heavy atom. The normalized spacial score (nSPS) is 16.1. The Balaban J connectivity index is 2.28. The molecule has 1 aromatic carbocycles. The van der Waals surface area contributed by atoms with Gasteiger partial charge in [0, 0.05) is 18.7 Å². The van der Waals surface area contributed by atoms with Crippen molar-refractivity contribution >= 4 is 15.9 Å². The number of carbonyl (C=O) groups excluding carboxylic acids is 1. The Labute approximate surface area is 124 Å². The third-order valence-corrected chi connectivity index (χ3v) is 5.65. The van der Waals surface area contributed by atoms with Gasteiger partial charge in [0.2, 0.25) is 10.0 Å². The van der Waals surface area contributed by atoms with E-state index in [1.54, 1.807) is 23.7 Å². The van der Waals surface area contributed by atoms with Crippen LogP contribution in [0.15, 0.2) is 18.2 Å². The summed E-state index contributed by atoms with van der Waals surface area (Å²) in [4.78, 5) is 11.4. The third-order valence-electron chi connectivity index (χ3n) is 3.63. The van der Waals surface area contributed by atoms with Crippen molar-refractivity contribution < 1.29 is 18.4 Å². The van der Waals surface area contributed by atoms with Gasteiger partial charge in [0.1, 0.15) is 0 Å². The monoisotopic (exact) mass is 312 g/mol. The minimum atomic E-state index is -3.22. The lowest BCUT2D eigenvalue weighted by Gasteiger charge is -2.20. The standard InChI is InChI=1S/C14H20N2O4S/c1-2-8-21(19,20)16-7-3-4-11-9-12(14(17)15-18)5-6-13(11)10-16/h5-6,9,18H,2-4,7-8,10H2,1H3,(H,15,17). The van der Waals surface area contributed by atoms with Crippen molar-refractivity contribution in [3.05, 3.63) is 34.9 Å². The van der Waals surface area contributed by atoms with E-state index in [1.165, 1.54) is 4.31 Å². The maximum absolute atomic E-state index is 12.2. The highest BCUT2D eigenvalue weighted by molar-refractivity contribution is 7.89. The van der Waals surface area contributed by atoms with Crippen LogP contribution in [0.3, 0.4) is 0 Å². The number of nitrogens with zero attached hydrogens (tertiary/aromatic N) is 1. The van der Waals surface area contributed by atoms with Gasteiger partial charge in [-0.05, 0) is 42.5 Å². The fraction of sp³-hybridized carbons (Fsp3) is 0.500. The molecule has 2 N–H and O–H groups in total. The van der Waals surface area contributed by atoms with E-state index in [9.17, 15) is 13.2 Å². The summed E-state index contributed by atoms with van der Waals surface area (Å²) >= 11 is 0. The van der Waals surface area contributed by atoms with E-state index in [0.717, 1.165) is 24.0 Å². The van der Waals surface area contributed by atoms with Crippen molar-refractivity contribution in [1.29, 1.82) is 0 Å². The average Bonchev–Trinajstić information content (AvgIpc) is 2.68. The van der Waals surface area contributed by atoms with Crippen LogP contribution in [0, 0.1) is 0 Å². The maximum atomic E-state index is 12.2. The Morgan fingerprint density at radius 2 is 2.14 bits per heavy atom. The lowest BCUT2D eigenvalue weighted by atomic mass is 10.0.